The van der Waals surface area contributed by atoms with Crippen molar-refractivity contribution in [1.29, 1.82) is 0 Å². The number of halogens is 2. The SMILES string of the molecule is CCOc1cc(C=C2C(=O)NC(=S)NC2=O)cc(Cl)c1OCCOc1ccc(Cl)c(C)c1. The van der Waals surface area contributed by atoms with E-state index in [4.69, 9.17) is 49.6 Å². The Kier molecular flexibility index (Phi) is 7.95. The van der Waals surface area contributed by atoms with Gasteiger partial charge in [0.15, 0.2) is 16.6 Å². The third kappa shape index (κ3) is 5.91. The third-order valence-corrected chi connectivity index (χ3v) is 5.22. The van der Waals surface area contributed by atoms with Gasteiger partial charge in [0.25, 0.3) is 11.8 Å². The maximum absolute atomic E-state index is 12.1. The molecule has 2 aromatic carbocycles. The van der Waals surface area contributed by atoms with Gasteiger partial charge < -0.3 is 14.2 Å². The molecule has 10 heteroatoms. The quantitative estimate of drug-likeness (QED) is 0.249. The van der Waals surface area contributed by atoms with Crippen LogP contribution in [0.1, 0.15) is 18.1 Å². The molecule has 2 N–H and O–H groups in total. The Labute approximate surface area is 200 Å². The molecule has 1 heterocycles. The number of carbonyl (C=O) groups is 2. The van der Waals surface area contributed by atoms with Gasteiger partial charge in [0, 0.05) is 5.02 Å². The molecule has 0 aliphatic carbocycles. The summed E-state index contributed by atoms with van der Waals surface area (Å²) in [7, 11) is 0. The monoisotopic (exact) mass is 494 g/mol. The highest BCUT2D eigenvalue weighted by Crippen LogP contribution is 2.37. The largest absolute Gasteiger partial charge is 0.490 e. The molecule has 2 aromatic rings. The van der Waals surface area contributed by atoms with Crippen LogP contribution in [0, 0.1) is 6.92 Å². The molecule has 0 saturated carbocycles. The number of benzene rings is 2. The van der Waals surface area contributed by atoms with Crippen LogP contribution in [0.25, 0.3) is 6.08 Å². The van der Waals surface area contributed by atoms with Gasteiger partial charge in [-0.15, -0.1) is 0 Å². The Hall–Kier alpha value is -2.81. The number of thiocarbonyl (C=S) groups is 1. The molecule has 0 radical (unpaired) electrons. The van der Waals surface area contributed by atoms with E-state index < -0.39 is 11.8 Å². The Bertz CT molecular complexity index is 1080. The molecule has 1 fully saturated rings. The van der Waals surface area contributed by atoms with Crippen molar-refractivity contribution in [2.45, 2.75) is 13.8 Å². The van der Waals surface area contributed by atoms with Crippen molar-refractivity contribution in [2.75, 3.05) is 19.8 Å². The van der Waals surface area contributed by atoms with E-state index in [0.717, 1.165) is 5.56 Å². The van der Waals surface area contributed by atoms with Gasteiger partial charge in [-0.2, -0.15) is 0 Å². The molecule has 1 saturated heterocycles. The summed E-state index contributed by atoms with van der Waals surface area (Å²) < 4.78 is 17.1. The van der Waals surface area contributed by atoms with Crippen LogP contribution in [0.4, 0.5) is 0 Å². The molecule has 0 unspecified atom stereocenters. The molecule has 7 nitrogen and oxygen atoms in total. The van der Waals surface area contributed by atoms with Crippen molar-refractivity contribution in [2.24, 2.45) is 0 Å². The summed E-state index contributed by atoms with van der Waals surface area (Å²) in [6.45, 7) is 4.56. The molecule has 0 spiro atoms. The predicted molar refractivity (Wildman–Crippen MR) is 127 cm³/mol. The van der Waals surface area contributed by atoms with Gasteiger partial charge >= 0.3 is 0 Å². The van der Waals surface area contributed by atoms with Gasteiger partial charge in [-0.05, 0) is 73.6 Å². The van der Waals surface area contributed by atoms with Gasteiger partial charge in [0.05, 0.1) is 11.6 Å². The zero-order chi connectivity index (χ0) is 23.3. The maximum atomic E-state index is 12.1. The minimum Gasteiger partial charge on any atom is -0.490 e. The first-order valence-corrected chi connectivity index (χ1v) is 10.8. The van der Waals surface area contributed by atoms with Crippen molar-refractivity contribution in [3.05, 3.63) is 57.1 Å². The zero-order valence-corrected chi connectivity index (χ0v) is 19.6. The molecule has 0 aromatic heterocycles. The number of hydrogen-bond acceptors (Lipinski definition) is 6. The van der Waals surface area contributed by atoms with E-state index in [1.54, 1.807) is 24.3 Å². The average Bonchev–Trinajstić information content (AvgIpc) is 2.72. The normalized spacial score (nSPS) is 13.4. The van der Waals surface area contributed by atoms with Crippen molar-refractivity contribution in [3.8, 4) is 17.2 Å². The number of carbonyl (C=O) groups excluding carboxylic acids is 2. The minimum atomic E-state index is -0.595. The van der Waals surface area contributed by atoms with E-state index in [0.29, 0.717) is 34.4 Å². The molecule has 0 bridgehead atoms. The van der Waals surface area contributed by atoms with Gasteiger partial charge in [-0.3, -0.25) is 20.2 Å². The highest BCUT2D eigenvalue weighted by Gasteiger charge is 2.26. The maximum Gasteiger partial charge on any atom is 0.263 e. The first-order valence-electron chi connectivity index (χ1n) is 9.65. The standard InChI is InChI=1S/C22H20Cl2N2O5S/c1-3-29-18-11-13(9-15-20(27)25-22(32)26-21(15)28)10-17(24)19(18)31-7-6-30-14-4-5-16(23)12(2)8-14/h4-5,8-11H,3,6-7H2,1-2H3,(H2,25,26,27,28,32). The number of nitrogens with one attached hydrogen (secondary N) is 2. The Morgan fingerprint density at radius 2 is 1.66 bits per heavy atom. The van der Waals surface area contributed by atoms with Crippen molar-refractivity contribution < 1.29 is 23.8 Å². The number of amides is 2. The first kappa shape index (κ1) is 23.8. The van der Waals surface area contributed by atoms with Crippen LogP contribution in [0.3, 0.4) is 0 Å². The summed E-state index contributed by atoms with van der Waals surface area (Å²) >= 11 is 17.2. The molecule has 0 atom stereocenters. The van der Waals surface area contributed by atoms with E-state index in [1.807, 2.05) is 19.9 Å². The summed E-state index contributed by atoms with van der Waals surface area (Å²) in [5.41, 5.74) is 1.31. The van der Waals surface area contributed by atoms with E-state index in [9.17, 15) is 9.59 Å². The predicted octanol–water partition coefficient (Wildman–Crippen LogP) is 4.07. The summed E-state index contributed by atoms with van der Waals surface area (Å²) in [6, 6.07) is 8.59. The van der Waals surface area contributed by atoms with E-state index in [1.165, 1.54) is 6.08 Å². The van der Waals surface area contributed by atoms with Crippen LogP contribution in [0.15, 0.2) is 35.9 Å². The molecule has 3 rings (SSSR count). The number of ether oxygens (including phenoxy) is 3. The third-order valence-electron chi connectivity index (χ3n) is 4.31. The lowest BCUT2D eigenvalue weighted by Gasteiger charge is -2.17. The van der Waals surface area contributed by atoms with Crippen LogP contribution in [0.5, 0.6) is 17.2 Å². The second kappa shape index (κ2) is 10.7. The van der Waals surface area contributed by atoms with Crippen molar-refractivity contribution >= 4 is 58.4 Å². The lowest BCUT2D eigenvalue weighted by atomic mass is 10.1. The van der Waals surface area contributed by atoms with Crippen LogP contribution in [0.2, 0.25) is 10.0 Å². The smallest absolute Gasteiger partial charge is 0.263 e. The minimum absolute atomic E-state index is 0.0371. The number of hydrogen-bond donors (Lipinski definition) is 2. The zero-order valence-electron chi connectivity index (χ0n) is 17.3. The fraction of sp³-hybridized carbons (Fsp3) is 0.227. The van der Waals surface area contributed by atoms with E-state index in [-0.39, 0.29) is 28.9 Å². The molecule has 168 valence electrons. The molecular weight excluding hydrogens is 475 g/mol. The topological polar surface area (TPSA) is 85.9 Å². The van der Waals surface area contributed by atoms with Gasteiger partial charge in [-0.1, -0.05) is 23.2 Å². The summed E-state index contributed by atoms with van der Waals surface area (Å²) in [6.07, 6.45) is 1.40. The van der Waals surface area contributed by atoms with Crippen molar-refractivity contribution in [3.63, 3.8) is 0 Å². The van der Waals surface area contributed by atoms with Crippen LogP contribution in [-0.2, 0) is 9.59 Å². The Morgan fingerprint density at radius 1 is 0.969 bits per heavy atom. The highest BCUT2D eigenvalue weighted by atomic mass is 35.5. The highest BCUT2D eigenvalue weighted by molar-refractivity contribution is 7.80. The fourth-order valence-electron chi connectivity index (χ4n) is 2.86. The van der Waals surface area contributed by atoms with E-state index in [2.05, 4.69) is 10.6 Å². The number of aryl methyl sites for hydroxylation is 1. The van der Waals surface area contributed by atoms with Crippen molar-refractivity contribution in [1.82, 2.24) is 10.6 Å². The molecule has 1 aliphatic rings. The summed E-state index contributed by atoms with van der Waals surface area (Å²) in [4.78, 5) is 24.2. The molecular formula is C22H20Cl2N2O5S. The van der Waals surface area contributed by atoms with Gasteiger partial charge in [0.2, 0.25) is 0 Å². The van der Waals surface area contributed by atoms with Crippen LogP contribution >= 0.6 is 35.4 Å². The molecule has 32 heavy (non-hydrogen) atoms. The molecule has 2 amide bonds. The fourth-order valence-corrected chi connectivity index (χ4v) is 3.43. The van der Waals surface area contributed by atoms with Gasteiger partial charge in [0.1, 0.15) is 24.5 Å². The summed E-state index contributed by atoms with van der Waals surface area (Å²) in [5.74, 6) is 0.203. The van der Waals surface area contributed by atoms with Crippen LogP contribution < -0.4 is 24.8 Å². The van der Waals surface area contributed by atoms with Gasteiger partial charge in [-0.25, -0.2) is 0 Å². The second-order valence-electron chi connectivity index (χ2n) is 6.67. The first-order chi connectivity index (χ1) is 15.3. The second-order valence-corrected chi connectivity index (χ2v) is 7.89. The van der Waals surface area contributed by atoms with Crippen LogP contribution in [-0.4, -0.2) is 36.7 Å². The van der Waals surface area contributed by atoms with E-state index >= 15 is 0 Å². The average molecular weight is 495 g/mol. The lowest BCUT2D eigenvalue weighted by Crippen LogP contribution is -2.51. The molecule has 1 aliphatic heterocycles. The Morgan fingerprint density at radius 3 is 2.31 bits per heavy atom. The summed E-state index contributed by atoms with van der Waals surface area (Å²) in [5, 5.41) is 5.66. The number of rotatable bonds is 8. The lowest BCUT2D eigenvalue weighted by molar-refractivity contribution is -0.123. The Balaban J connectivity index is 1.73.